The van der Waals surface area contributed by atoms with Gasteiger partial charge in [0.05, 0.1) is 15.7 Å². The van der Waals surface area contributed by atoms with Crippen LogP contribution < -0.4 is 16.0 Å². The number of benzene rings is 1. The number of carbonyl (C=O) groups excluding carboxylic acids is 3. The summed E-state index contributed by atoms with van der Waals surface area (Å²) in [5.41, 5.74) is 6.14. The van der Waals surface area contributed by atoms with Crippen molar-refractivity contribution >= 4 is 46.7 Å². The van der Waals surface area contributed by atoms with Gasteiger partial charge in [0.2, 0.25) is 5.91 Å². The van der Waals surface area contributed by atoms with Gasteiger partial charge in [-0.3, -0.25) is 9.59 Å². The Morgan fingerprint density at radius 1 is 1.28 bits per heavy atom. The summed E-state index contributed by atoms with van der Waals surface area (Å²) >= 11 is 11.8. The van der Waals surface area contributed by atoms with E-state index in [0.29, 0.717) is 23.8 Å². The third kappa shape index (κ3) is 3.73. The maximum atomic E-state index is 12.5. The van der Waals surface area contributed by atoms with Crippen molar-refractivity contribution in [1.29, 1.82) is 0 Å². The van der Waals surface area contributed by atoms with Crippen LogP contribution >= 0.6 is 23.2 Å². The third-order valence-corrected chi connectivity index (χ3v) is 5.14. The smallest absolute Gasteiger partial charge is 0.329 e. The molecule has 0 saturated carbocycles. The lowest BCUT2D eigenvalue weighted by atomic mass is 10.1. The summed E-state index contributed by atoms with van der Waals surface area (Å²) < 4.78 is 0. The van der Waals surface area contributed by atoms with Gasteiger partial charge in [-0.1, -0.05) is 23.2 Å². The molecule has 2 aliphatic rings. The number of nitrogens with two attached hydrogens (primary N) is 1. The molecule has 2 heterocycles. The van der Waals surface area contributed by atoms with Crippen molar-refractivity contribution < 1.29 is 14.4 Å². The Morgan fingerprint density at radius 3 is 2.68 bits per heavy atom. The number of likely N-dealkylation sites (tertiary alicyclic amines) is 1. The molecule has 1 unspecified atom stereocenters. The van der Waals surface area contributed by atoms with E-state index in [9.17, 15) is 14.4 Å². The van der Waals surface area contributed by atoms with E-state index in [-0.39, 0.29) is 29.8 Å². The summed E-state index contributed by atoms with van der Waals surface area (Å²) in [6.45, 7) is 1.18. The molecule has 2 fully saturated rings. The Morgan fingerprint density at radius 2 is 2.04 bits per heavy atom. The van der Waals surface area contributed by atoms with Crippen LogP contribution in [0.2, 0.25) is 10.0 Å². The summed E-state index contributed by atoms with van der Waals surface area (Å²) in [6.07, 6.45) is 1.21. The van der Waals surface area contributed by atoms with Gasteiger partial charge in [0, 0.05) is 25.6 Å². The standard InChI is InChI=1S/C16H18Cl2N4O3/c17-11-2-1-10(7-12(11)18)22-15(24)13(20-16(22)25)3-4-14(23)21-6-5-9(19)8-21/h1-2,7,9,13H,3-6,8,19H2,(H,20,25)/t9-,13?/m1/s1. The van der Waals surface area contributed by atoms with E-state index >= 15 is 0 Å². The molecular weight excluding hydrogens is 367 g/mol. The Balaban J connectivity index is 1.63. The van der Waals surface area contributed by atoms with Crippen LogP contribution in [0.4, 0.5) is 10.5 Å². The van der Waals surface area contributed by atoms with E-state index in [1.165, 1.54) is 12.1 Å². The highest BCUT2D eigenvalue weighted by atomic mass is 35.5. The van der Waals surface area contributed by atoms with E-state index < -0.39 is 18.0 Å². The van der Waals surface area contributed by atoms with Crippen LogP contribution in [0.25, 0.3) is 0 Å². The van der Waals surface area contributed by atoms with E-state index in [4.69, 9.17) is 28.9 Å². The van der Waals surface area contributed by atoms with Gasteiger partial charge in [0.15, 0.2) is 0 Å². The molecule has 25 heavy (non-hydrogen) atoms. The first-order chi connectivity index (χ1) is 11.9. The summed E-state index contributed by atoms with van der Waals surface area (Å²) in [7, 11) is 0. The Bertz CT molecular complexity index is 727. The zero-order chi connectivity index (χ0) is 18.1. The second-order valence-corrected chi connectivity index (χ2v) is 7.02. The molecule has 134 valence electrons. The van der Waals surface area contributed by atoms with E-state index in [1.54, 1.807) is 11.0 Å². The number of nitrogens with zero attached hydrogens (tertiary/aromatic N) is 2. The molecule has 3 N–H and O–H groups in total. The Hall–Kier alpha value is -1.83. The molecule has 0 aromatic heterocycles. The molecule has 0 bridgehead atoms. The highest BCUT2D eigenvalue weighted by Crippen LogP contribution is 2.29. The van der Waals surface area contributed by atoms with Gasteiger partial charge in [0.25, 0.3) is 5.91 Å². The van der Waals surface area contributed by atoms with Crippen molar-refractivity contribution in [3.63, 3.8) is 0 Å². The molecule has 7 nitrogen and oxygen atoms in total. The van der Waals surface area contributed by atoms with Gasteiger partial charge in [-0.2, -0.15) is 0 Å². The number of nitrogens with one attached hydrogen (secondary N) is 1. The van der Waals surface area contributed by atoms with Gasteiger partial charge in [-0.25, -0.2) is 9.69 Å². The van der Waals surface area contributed by atoms with E-state index in [1.807, 2.05) is 0 Å². The quantitative estimate of drug-likeness (QED) is 0.772. The van der Waals surface area contributed by atoms with Crippen LogP contribution in [-0.2, 0) is 9.59 Å². The van der Waals surface area contributed by atoms with E-state index in [2.05, 4.69) is 5.32 Å². The number of imide groups is 1. The number of halogens is 2. The van der Waals surface area contributed by atoms with Crippen LogP contribution in [0.5, 0.6) is 0 Å². The van der Waals surface area contributed by atoms with Crippen LogP contribution in [-0.4, -0.2) is 47.9 Å². The molecule has 0 radical (unpaired) electrons. The maximum absolute atomic E-state index is 12.5. The molecule has 3 rings (SSSR count). The highest BCUT2D eigenvalue weighted by Gasteiger charge is 2.39. The molecule has 1 aromatic carbocycles. The second kappa shape index (κ2) is 7.19. The lowest BCUT2D eigenvalue weighted by Gasteiger charge is -2.17. The molecule has 4 amide bonds. The molecule has 2 atom stereocenters. The summed E-state index contributed by atoms with van der Waals surface area (Å²) in [4.78, 5) is 39.5. The number of hydrogen-bond acceptors (Lipinski definition) is 4. The average Bonchev–Trinajstić information content (AvgIpc) is 3.12. The average molecular weight is 385 g/mol. The predicted octanol–water partition coefficient (Wildman–Crippen LogP) is 1.76. The Kier molecular flexibility index (Phi) is 5.17. The molecule has 0 spiro atoms. The number of urea groups is 1. The minimum atomic E-state index is -0.734. The number of carbonyl (C=O) groups is 3. The van der Waals surface area contributed by atoms with Crippen molar-refractivity contribution in [2.24, 2.45) is 5.73 Å². The minimum Gasteiger partial charge on any atom is -0.341 e. The number of rotatable bonds is 4. The van der Waals surface area contributed by atoms with Crippen LogP contribution in [0, 0.1) is 0 Å². The van der Waals surface area contributed by atoms with Crippen LogP contribution in [0.15, 0.2) is 18.2 Å². The fraction of sp³-hybridized carbons (Fsp3) is 0.438. The first-order valence-electron chi connectivity index (χ1n) is 7.99. The lowest BCUT2D eigenvalue weighted by molar-refractivity contribution is -0.130. The number of hydrogen-bond donors (Lipinski definition) is 2. The number of anilines is 1. The molecule has 2 saturated heterocycles. The van der Waals surface area contributed by atoms with Gasteiger partial charge in [-0.15, -0.1) is 0 Å². The predicted molar refractivity (Wildman–Crippen MR) is 94.7 cm³/mol. The summed E-state index contributed by atoms with van der Waals surface area (Å²) in [5.74, 6) is -0.461. The lowest BCUT2D eigenvalue weighted by Crippen LogP contribution is -2.35. The van der Waals surface area contributed by atoms with Gasteiger partial charge >= 0.3 is 6.03 Å². The SMILES string of the molecule is N[C@@H]1CCN(C(=O)CCC2NC(=O)N(c3ccc(Cl)c(Cl)c3)C2=O)C1. The summed E-state index contributed by atoms with van der Waals surface area (Å²) in [6, 6.07) is 3.27. The molecule has 0 aliphatic carbocycles. The largest absolute Gasteiger partial charge is 0.341 e. The van der Waals surface area contributed by atoms with Crippen molar-refractivity contribution in [2.45, 2.75) is 31.3 Å². The fourth-order valence-electron chi connectivity index (χ4n) is 3.04. The Labute approximate surface area is 155 Å². The third-order valence-electron chi connectivity index (χ3n) is 4.40. The normalized spacial score (nSPS) is 23.3. The fourth-order valence-corrected chi connectivity index (χ4v) is 3.33. The number of amides is 4. The molecule has 1 aromatic rings. The molecular formula is C16H18Cl2N4O3. The van der Waals surface area contributed by atoms with Gasteiger partial charge < -0.3 is 16.0 Å². The van der Waals surface area contributed by atoms with Crippen molar-refractivity contribution in [1.82, 2.24) is 10.2 Å². The van der Waals surface area contributed by atoms with E-state index in [0.717, 1.165) is 11.3 Å². The maximum Gasteiger partial charge on any atom is 0.329 e. The monoisotopic (exact) mass is 384 g/mol. The zero-order valence-corrected chi connectivity index (χ0v) is 14.9. The molecule has 9 heteroatoms. The summed E-state index contributed by atoms with van der Waals surface area (Å²) in [5, 5.41) is 3.20. The molecule has 2 aliphatic heterocycles. The van der Waals surface area contributed by atoms with Gasteiger partial charge in [0.1, 0.15) is 6.04 Å². The van der Waals surface area contributed by atoms with Crippen molar-refractivity contribution in [2.75, 3.05) is 18.0 Å². The zero-order valence-electron chi connectivity index (χ0n) is 13.4. The van der Waals surface area contributed by atoms with Crippen LogP contribution in [0.1, 0.15) is 19.3 Å². The minimum absolute atomic E-state index is 0.0157. The van der Waals surface area contributed by atoms with Crippen molar-refractivity contribution in [3.05, 3.63) is 28.2 Å². The topological polar surface area (TPSA) is 95.7 Å². The van der Waals surface area contributed by atoms with Crippen LogP contribution in [0.3, 0.4) is 0 Å². The first-order valence-corrected chi connectivity index (χ1v) is 8.75. The van der Waals surface area contributed by atoms with Crippen molar-refractivity contribution in [3.8, 4) is 0 Å². The second-order valence-electron chi connectivity index (χ2n) is 6.20. The first kappa shape index (κ1) is 18.0. The highest BCUT2D eigenvalue weighted by molar-refractivity contribution is 6.42. The van der Waals surface area contributed by atoms with Gasteiger partial charge in [-0.05, 0) is 31.0 Å².